The average molecular weight is 566 g/mol. The number of amides is 2. The zero-order valence-electron chi connectivity index (χ0n) is 23.7. The molecule has 0 spiro atoms. The second-order valence-corrected chi connectivity index (χ2v) is 11.7. The van der Waals surface area contributed by atoms with E-state index in [1.807, 2.05) is 68.4 Å². The molecule has 2 amide bonds. The number of hydrogen-bond donors (Lipinski definition) is 1. The topological polar surface area (TPSA) is 96.0 Å². The Morgan fingerprint density at radius 2 is 1.57 bits per heavy atom. The van der Waals surface area contributed by atoms with E-state index in [4.69, 9.17) is 4.74 Å². The molecule has 0 fully saturated rings. The lowest BCUT2D eigenvalue weighted by atomic mass is 10.0. The third kappa shape index (κ3) is 8.84. The highest BCUT2D eigenvalue weighted by molar-refractivity contribution is 7.92. The van der Waals surface area contributed by atoms with Crippen molar-refractivity contribution in [3.05, 3.63) is 95.6 Å². The van der Waals surface area contributed by atoms with Crippen LogP contribution < -0.4 is 14.4 Å². The summed E-state index contributed by atoms with van der Waals surface area (Å²) in [6, 6.07) is 23.5. The summed E-state index contributed by atoms with van der Waals surface area (Å²) >= 11 is 0. The Bertz CT molecular complexity index is 1340. The first-order valence-corrected chi connectivity index (χ1v) is 15.3. The second kappa shape index (κ2) is 14.5. The molecule has 9 heteroatoms. The summed E-state index contributed by atoms with van der Waals surface area (Å²) in [7, 11) is -2.04. The van der Waals surface area contributed by atoms with E-state index >= 15 is 0 Å². The first-order valence-electron chi connectivity index (χ1n) is 13.4. The van der Waals surface area contributed by atoms with E-state index in [0.29, 0.717) is 24.4 Å². The minimum Gasteiger partial charge on any atom is -0.497 e. The van der Waals surface area contributed by atoms with Crippen LogP contribution >= 0.6 is 0 Å². The van der Waals surface area contributed by atoms with E-state index < -0.39 is 16.1 Å². The summed E-state index contributed by atoms with van der Waals surface area (Å²) in [6.45, 7) is 4.68. The smallest absolute Gasteiger partial charge is 0.243 e. The van der Waals surface area contributed by atoms with E-state index in [2.05, 4.69) is 5.32 Å². The Labute approximate surface area is 238 Å². The lowest BCUT2D eigenvalue weighted by Crippen LogP contribution is -2.50. The second-order valence-electron chi connectivity index (χ2n) is 9.74. The number of methoxy groups -OCH3 is 1. The summed E-state index contributed by atoms with van der Waals surface area (Å²) in [5.41, 5.74) is 3.46. The van der Waals surface area contributed by atoms with E-state index in [0.717, 1.165) is 22.9 Å². The van der Waals surface area contributed by atoms with E-state index in [1.54, 1.807) is 36.3 Å². The van der Waals surface area contributed by atoms with Crippen molar-refractivity contribution in [2.75, 3.05) is 30.8 Å². The number of likely N-dealkylation sites (N-methyl/N-ethyl adjacent to an activating group) is 1. The van der Waals surface area contributed by atoms with Crippen LogP contribution in [-0.4, -0.2) is 57.6 Å². The van der Waals surface area contributed by atoms with Crippen molar-refractivity contribution in [3.8, 4) is 5.75 Å². The monoisotopic (exact) mass is 565 g/mol. The summed E-state index contributed by atoms with van der Waals surface area (Å²) in [5, 5.41) is 2.89. The van der Waals surface area contributed by atoms with Crippen LogP contribution in [0.15, 0.2) is 78.9 Å². The van der Waals surface area contributed by atoms with Crippen LogP contribution in [0, 0.1) is 6.92 Å². The zero-order valence-corrected chi connectivity index (χ0v) is 24.5. The highest BCUT2D eigenvalue weighted by Gasteiger charge is 2.30. The molecule has 1 atom stereocenters. The van der Waals surface area contributed by atoms with Gasteiger partial charge in [-0.1, -0.05) is 60.2 Å². The Balaban J connectivity index is 1.84. The molecule has 0 aliphatic rings. The number of rotatable bonds is 14. The summed E-state index contributed by atoms with van der Waals surface area (Å²) in [6.07, 6.45) is 1.88. The molecule has 8 nitrogen and oxygen atoms in total. The Morgan fingerprint density at radius 3 is 2.15 bits per heavy atom. The third-order valence-corrected chi connectivity index (χ3v) is 7.80. The van der Waals surface area contributed by atoms with Crippen LogP contribution in [0.2, 0.25) is 0 Å². The van der Waals surface area contributed by atoms with Gasteiger partial charge in [0.1, 0.15) is 11.8 Å². The SMILES string of the molecule is CCNC(=O)C(Cc1ccccc1)N(Cc1ccc(C)cc1)C(=O)CCCN(c1ccc(OC)cc1)S(C)(=O)=O. The molecule has 3 aromatic rings. The lowest BCUT2D eigenvalue weighted by molar-refractivity contribution is -0.141. The number of benzene rings is 3. The molecule has 40 heavy (non-hydrogen) atoms. The molecule has 0 bridgehead atoms. The Hall–Kier alpha value is -3.85. The van der Waals surface area contributed by atoms with E-state index in [-0.39, 0.29) is 37.7 Å². The normalized spacial score (nSPS) is 11.9. The summed E-state index contributed by atoms with van der Waals surface area (Å²) in [5.74, 6) is 0.188. The van der Waals surface area contributed by atoms with Gasteiger partial charge in [-0.05, 0) is 55.7 Å². The maximum Gasteiger partial charge on any atom is 0.243 e. The standard InChI is InChI=1S/C31H39N3O5S/c1-5-32-31(36)29(22-25-10-7-6-8-11-25)33(23-26-15-13-24(2)14-16-26)30(35)12-9-21-34(40(4,37)38)27-17-19-28(39-3)20-18-27/h6-8,10-11,13-20,29H,5,9,12,21-23H2,1-4H3,(H,32,36). The molecule has 0 saturated heterocycles. The Kier molecular flexibility index (Phi) is 11.1. The average Bonchev–Trinajstić information content (AvgIpc) is 2.94. The molecule has 1 N–H and O–H groups in total. The zero-order chi connectivity index (χ0) is 29.1. The van der Waals surface area contributed by atoms with Gasteiger partial charge in [0.05, 0.1) is 19.1 Å². The highest BCUT2D eigenvalue weighted by Crippen LogP contribution is 2.23. The molecule has 0 aromatic heterocycles. The van der Waals surface area contributed by atoms with Crippen molar-refractivity contribution in [3.63, 3.8) is 0 Å². The van der Waals surface area contributed by atoms with Gasteiger partial charge >= 0.3 is 0 Å². The number of aryl methyl sites for hydroxylation is 1. The van der Waals surface area contributed by atoms with Gasteiger partial charge in [0.2, 0.25) is 21.8 Å². The van der Waals surface area contributed by atoms with Crippen LogP contribution in [0.1, 0.15) is 36.5 Å². The van der Waals surface area contributed by atoms with Crippen molar-refractivity contribution < 1.29 is 22.7 Å². The van der Waals surface area contributed by atoms with Crippen molar-refractivity contribution in [1.82, 2.24) is 10.2 Å². The fourth-order valence-corrected chi connectivity index (χ4v) is 5.45. The van der Waals surface area contributed by atoms with Gasteiger partial charge in [0.15, 0.2) is 0 Å². The minimum atomic E-state index is -3.58. The molecule has 3 aromatic carbocycles. The fraction of sp³-hybridized carbons (Fsp3) is 0.355. The molecule has 0 radical (unpaired) electrons. The van der Waals surface area contributed by atoms with Crippen LogP contribution in [-0.2, 0) is 32.6 Å². The molecule has 0 aliphatic heterocycles. The maximum atomic E-state index is 13.8. The maximum absolute atomic E-state index is 13.8. The largest absolute Gasteiger partial charge is 0.497 e. The highest BCUT2D eigenvalue weighted by atomic mass is 32.2. The van der Waals surface area contributed by atoms with Gasteiger partial charge in [-0.25, -0.2) is 8.42 Å². The number of anilines is 1. The molecular weight excluding hydrogens is 526 g/mol. The first-order chi connectivity index (χ1) is 19.1. The number of hydrogen-bond acceptors (Lipinski definition) is 5. The van der Waals surface area contributed by atoms with Crippen molar-refractivity contribution in [2.45, 2.75) is 45.7 Å². The minimum absolute atomic E-state index is 0.0821. The van der Waals surface area contributed by atoms with Crippen molar-refractivity contribution >= 4 is 27.5 Å². The molecule has 0 heterocycles. The molecule has 3 rings (SSSR count). The summed E-state index contributed by atoms with van der Waals surface area (Å²) < 4.78 is 31.6. The number of sulfonamides is 1. The molecule has 214 valence electrons. The number of ether oxygens (including phenoxy) is 1. The number of nitrogens with one attached hydrogen (secondary N) is 1. The summed E-state index contributed by atoms with van der Waals surface area (Å²) in [4.78, 5) is 28.7. The fourth-order valence-electron chi connectivity index (χ4n) is 4.49. The first kappa shape index (κ1) is 30.7. The predicted octanol–water partition coefficient (Wildman–Crippen LogP) is 4.33. The van der Waals surface area contributed by atoms with Gasteiger partial charge < -0.3 is 15.0 Å². The number of carbonyl (C=O) groups is 2. The quantitative estimate of drug-likeness (QED) is 0.314. The van der Waals surface area contributed by atoms with Crippen LogP contribution in [0.5, 0.6) is 5.75 Å². The number of carbonyl (C=O) groups excluding carboxylic acids is 2. The van der Waals surface area contributed by atoms with Gasteiger partial charge in [-0.3, -0.25) is 13.9 Å². The van der Waals surface area contributed by atoms with Gasteiger partial charge in [-0.2, -0.15) is 0 Å². The van der Waals surface area contributed by atoms with E-state index in [9.17, 15) is 18.0 Å². The molecular formula is C31H39N3O5S. The van der Waals surface area contributed by atoms with Crippen molar-refractivity contribution in [2.24, 2.45) is 0 Å². The van der Waals surface area contributed by atoms with Crippen molar-refractivity contribution in [1.29, 1.82) is 0 Å². The van der Waals surface area contributed by atoms with Gasteiger partial charge in [0, 0.05) is 32.5 Å². The Morgan fingerprint density at radius 1 is 0.925 bits per heavy atom. The third-order valence-electron chi connectivity index (χ3n) is 6.61. The van der Waals surface area contributed by atoms with Crippen LogP contribution in [0.3, 0.4) is 0 Å². The number of nitrogens with zero attached hydrogens (tertiary/aromatic N) is 2. The molecule has 0 aliphatic carbocycles. The van der Waals surface area contributed by atoms with E-state index in [1.165, 1.54) is 4.31 Å². The molecule has 1 unspecified atom stereocenters. The van der Waals surface area contributed by atoms with Crippen LogP contribution in [0.4, 0.5) is 5.69 Å². The van der Waals surface area contributed by atoms with Gasteiger partial charge in [-0.15, -0.1) is 0 Å². The predicted molar refractivity (Wildman–Crippen MR) is 159 cm³/mol. The van der Waals surface area contributed by atoms with Gasteiger partial charge in [0.25, 0.3) is 0 Å². The lowest BCUT2D eigenvalue weighted by Gasteiger charge is -2.32. The van der Waals surface area contributed by atoms with Crippen LogP contribution in [0.25, 0.3) is 0 Å². The molecule has 0 saturated carbocycles.